The molecule has 4 nitrogen and oxygen atoms in total. The third-order valence-electron chi connectivity index (χ3n) is 5.96. The van der Waals surface area contributed by atoms with E-state index < -0.39 is 19.7 Å². The van der Waals surface area contributed by atoms with Gasteiger partial charge in [-0.15, -0.1) is 5.10 Å². The molecule has 0 amide bonds. The molecule has 5 aromatic rings. The van der Waals surface area contributed by atoms with Gasteiger partial charge in [0.1, 0.15) is 5.52 Å². The van der Waals surface area contributed by atoms with Crippen molar-refractivity contribution in [1.29, 1.82) is 0 Å². The van der Waals surface area contributed by atoms with Crippen LogP contribution in [0.15, 0.2) is 109 Å². The first-order valence-electron chi connectivity index (χ1n) is 11.3. The Morgan fingerprint density at radius 1 is 0.778 bits per heavy atom. The van der Waals surface area contributed by atoms with Gasteiger partial charge in [-0.25, -0.2) is 0 Å². The van der Waals surface area contributed by atoms with Gasteiger partial charge in [0.05, 0.1) is 11.1 Å². The van der Waals surface area contributed by atoms with Gasteiger partial charge in [-0.2, -0.15) is 17.9 Å². The monoisotopic (exact) mass is 503 g/mol. The van der Waals surface area contributed by atoms with Crippen LogP contribution in [0.3, 0.4) is 0 Å². The summed E-state index contributed by atoms with van der Waals surface area (Å²) in [4.78, 5) is 13.6. The van der Waals surface area contributed by atoms with Crippen LogP contribution in [0.4, 0.5) is 13.2 Å². The number of hydrogen-bond acceptors (Lipinski definition) is 3. The van der Waals surface area contributed by atoms with Crippen molar-refractivity contribution in [3.05, 3.63) is 120 Å². The number of para-hydroxylation sites is 1. The third-order valence-corrected chi connectivity index (χ3v) is 8.77. The molecule has 0 fully saturated rings. The first kappa shape index (κ1) is 23.9. The topological polar surface area (TPSA) is 47.8 Å². The third kappa shape index (κ3) is 4.93. The Morgan fingerprint density at radius 3 is 1.92 bits per heavy atom. The molecule has 1 atom stereocenters. The Bertz CT molecular complexity index is 1430. The second kappa shape index (κ2) is 10.0. The van der Waals surface area contributed by atoms with E-state index in [-0.39, 0.29) is 18.0 Å². The second-order valence-corrected chi connectivity index (χ2v) is 10.7. The fraction of sp³-hybridized carbons (Fsp3) is 0.107. The molecule has 4 aromatic carbocycles. The molecule has 5 rings (SSSR count). The van der Waals surface area contributed by atoms with Gasteiger partial charge in [0, 0.05) is 12.1 Å². The van der Waals surface area contributed by atoms with E-state index in [0.717, 1.165) is 22.7 Å². The number of carbonyl (C=O) groups is 1. The van der Waals surface area contributed by atoms with Crippen molar-refractivity contribution in [2.24, 2.45) is 0 Å². The highest BCUT2D eigenvalue weighted by molar-refractivity contribution is 7.73. The van der Waals surface area contributed by atoms with Crippen LogP contribution in [-0.4, -0.2) is 20.9 Å². The lowest BCUT2D eigenvalue weighted by Crippen LogP contribution is -2.22. The summed E-state index contributed by atoms with van der Waals surface area (Å²) < 4.78 is 41.1. The van der Waals surface area contributed by atoms with Crippen molar-refractivity contribution in [3.63, 3.8) is 0 Å². The number of hydrogen-bond donors (Lipinski definition) is 0. The highest BCUT2D eigenvalue weighted by Gasteiger charge is 2.33. The molecule has 0 saturated heterocycles. The largest absolute Gasteiger partial charge is 0.416 e. The molecule has 0 N–H and O–H groups in total. The number of benzene rings is 4. The van der Waals surface area contributed by atoms with E-state index in [4.69, 9.17) is 0 Å². The maximum absolute atomic E-state index is 13.6. The van der Waals surface area contributed by atoms with E-state index in [1.165, 1.54) is 16.8 Å². The Balaban J connectivity index is 1.62. The molecule has 0 radical (unpaired) electrons. The minimum Gasteiger partial charge on any atom is -0.272 e. The van der Waals surface area contributed by atoms with Crippen LogP contribution >= 0.6 is 7.92 Å². The molecule has 1 heterocycles. The minimum atomic E-state index is -4.44. The SMILES string of the molecule is O=C(CC(c1ccc(C(F)(F)F)cc1)P(c1ccccc1)c1ccccc1)n1nnc2ccccc21. The number of rotatable bonds is 6. The zero-order chi connectivity index (χ0) is 25.1. The molecular weight excluding hydrogens is 482 g/mol. The second-order valence-electron chi connectivity index (χ2n) is 8.26. The molecule has 0 aliphatic carbocycles. The van der Waals surface area contributed by atoms with Crippen molar-refractivity contribution >= 4 is 35.5 Å². The summed E-state index contributed by atoms with van der Waals surface area (Å²) in [5.41, 5.74) is 0.757. The van der Waals surface area contributed by atoms with Gasteiger partial charge in [-0.3, -0.25) is 4.79 Å². The quantitative estimate of drug-likeness (QED) is 0.254. The maximum Gasteiger partial charge on any atom is 0.416 e. The van der Waals surface area contributed by atoms with Crippen LogP contribution in [-0.2, 0) is 6.18 Å². The predicted molar refractivity (Wildman–Crippen MR) is 136 cm³/mol. The van der Waals surface area contributed by atoms with Gasteiger partial charge < -0.3 is 0 Å². The number of alkyl halides is 3. The Morgan fingerprint density at radius 2 is 1.33 bits per heavy atom. The van der Waals surface area contributed by atoms with Gasteiger partial charge in [0.2, 0.25) is 5.91 Å². The molecule has 0 bridgehead atoms. The lowest BCUT2D eigenvalue weighted by molar-refractivity contribution is -0.137. The van der Waals surface area contributed by atoms with Crippen LogP contribution in [0.2, 0.25) is 0 Å². The molecule has 8 heteroatoms. The van der Waals surface area contributed by atoms with Crippen molar-refractivity contribution in [2.75, 3.05) is 0 Å². The van der Waals surface area contributed by atoms with Gasteiger partial charge in [-0.1, -0.05) is 90.1 Å². The van der Waals surface area contributed by atoms with Gasteiger partial charge >= 0.3 is 6.18 Å². The Kier molecular flexibility index (Phi) is 6.66. The molecule has 1 aromatic heterocycles. The summed E-state index contributed by atoms with van der Waals surface area (Å²) in [5, 5.41) is 10.2. The first-order valence-corrected chi connectivity index (χ1v) is 12.7. The van der Waals surface area contributed by atoms with E-state index in [9.17, 15) is 18.0 Å². The summed E-state index contributed by atoms with van der Waals surface area (Å²) in [5.74, 6) is -0.270. The van der Waals surface area contributed by atoms with E-state index in [2.05, 4.69) is 10.3 Å². The van der Waals surface area contributed by atoms with E-state index >= 15 is 0 Å². The average Bonchev–Trinajstić information content (AvgIpc) is 3.34. The molecule has 0 aliphatic rings. The zero-order valence-corrected chi connectivity index (χ0v) is 19.9. The normalized spacial score (nSPS) is 12.7. The number of nitrogens with zero attached hydrogens (tertiary/aromatic N) is 3. The van der Waals surface area contributed by atoms with E-state index in [1.807, 2.05) is 72.8 Å². The lowest BCUT2D eigenvalue weighted by Gasteiger charge is -2.29. The molecular formula is C28H21F3N3OP. The fourth-order valence-electron chi connectivity index (χ4n) is 4.24. The molecule has 0 spiro atoms. The number of carbonyl (C=O) groups excluding carboxylic acids is 1. The van der Waals surface area contributed by atoms with E-state index in [1.54, 1.807) is 12.1 Å². The van der Waals surface area contributed by atoms with Crippen molar-refractivity contribution in [3.8, 4) is 0 Å². The maximum atomic E-state index is 13.6. The zero-order valence-electron chi connectivity index (χ0n) is 19.0. The summed E-state index contributed by atoms with van der Waals surface area (Å²) in [6, 6.07) is 31.9. The van der Waals surface area contributed by atoms with Gasteiger partial charge in [-0.05, 0) is 48.4 Å². The summed E-state index contributed by atoms with van der Waals surface area (Å²) in [7, 11) is -1.14. The minimum absolute atomic E-state index is 0.0498. The average molecular weight is 503 g/mol. The molecule has 36 heavy (non-hydrogen) atoms. The van der Waals surface area contributed by atoms with E-state index in [0.29, 0.717) is 16.6 Å². The first-order chi connectivity index (χ1) is 17.4. The van der Waals surface area contributed by atoms with Gasteiger partial charge in [0.25, 0.3) is 0 Å². The highest BCUT2D eigenvalue weighted by Crippen LogP contribution is 2.52. The molecule has 0 aliphatic heterocycles. The van der Waals surface area contributed by atoms with Crippen molar-refractivity contribution < 1.29 is 18.0 Å². The summed E-state index contributed by atoms with van der Waals surface area (Å²) >= 11 is 0. The predicted octanol–water partition coefficient (Wildman–Crippen LogP) is 6.35. The summed E-state index contributed by atoms with van der Waals surface area (Å²) in [6.45, 7) is 0. The van der Waals surface area contributed by atoms with Crippen LogP contribution < -0.4 is 10.6 Å². The number of fused-ring (bicyclic) bond motifs is 1. The number of aromatic nitrogens is 3. The molecule has 0 saturated carbocycles. The molecule has 180 valence electrons. The smallest absolute Gasteiger partial charge is 0.272 e. The fourth-order valence-corrected chi connectivity index (χ4v) is 7.06. The lowest BCUT2D eigenvalue weighted by atomic mass is 10.1. The molecule has 1 unspecified atom stereocenters. The Hall–Kier alpha value is -3.83. The number of halogens is 3. The van der Waals surface area contributed by atoms with Crippen LogP contribution in [0, 0.1) is 0 Å². The highest BCUT2D eigenvalue weighted by atomic mass is 31.1. The standard InChI is InChI=1S/C28H21F3N3OP/c29-28(30,31)21-17-15-20(16-18-21)26(19-27(35)34-25-14-8-7-13-24(25)32-33-34)36(22-9-3-1-4-10-22)23-11-5-2-6-12-23/h1-18,26H,19H2. The summed E-state index contributed by atoms with van der Waals surface area (Å²) in [6.07, 6.45) is -4.39. The van der Waals surface area contributed by atoms with Crippen molar-refractivity contribution in [2.45, 2.75) is 18.3 Å². The van der Waals surface area contributed by atoms with Crippen molar-refractivity contribution in [1.82, 2.24) is 15.0 Å². The van der Waals surface area contributed by atoms with Crippen LogP contribution in [0.25, 0.3) is 11.0 Å². The van der Waals surface area contributed by atoms with Crippen LogP contribution in [0.1, 0.15) is 28.0 Å². The van der Waals surface area contributed by atoms with Gasteiger partial charge in [0.15, 0.2) is 0 Å². The van der Waals surface area contributed by atoms with Crippen LogP contribution in [0.5, 0.6) is 0 Å². The Labute approximate surface area is 207 Å².